The summed E-state index contributed by atoms with van der Waals surface area (Å²) >= 11 is 0. The van der Waals surface area contributed by atoms with Crippen LogP contribution in [0, 0.1) is 13.8 Å². The van der Waals surface area contributed by atoms with Crippen molar-refractivity contribution in [2.75, 3.05) is 13.1 Å². The van der Waals surface area contributed by atoms with Gasteiger partial charge in [-0.05, 0) is 26.7 Å². The fraction of sp³-hybridized carbons (Fsp3) is 0.438. The van der Waals surface area contributed by atoms with Crippen molar-refractivity contribution >= 4 is 5.91 Å². The fourth-order valence-corrected chi connectivity index (χ4v) is 2.88. The van der Waals surface area contributed by atoms with Crippen LogP contribution in [0.4, 0.5) is 0 Å². The Bertz CT molecular complexity index is 769. The number of amides is 1. The van der Waals surface area contributed by atoms with Crippen molar-refractivity contribution in [1.82, 2.24) is 24.8 Å². The third-order valence-electron chi connectivity index (χ3n) is 4.01. The molecule has 23 heavy (non-hydrogen) atoms. The Labute approximate surface area is 133 Å². The number of carbonyl (C=O) groups excluding carboxylic acids is 1. The van der Waals surface area contributed by atoms with Crippen molar-refractivity contribution in [2.45, 2.75) is 32.6 Å². The molecule has 1 atom stereocenters. The smallest absolute Gasteiger partial charge is 0.274 e. The molecule has 1 fully saturated rings. The molecular formula is C16H19N5O2. The molecule has 0 unspecified atom stereocenters. The number of nitrogens with zero attached hydrogens (tertiary/aromatic N) is 4. The maximum atomic E-state index is 12.6. The van der Waals surface area contributed by atoms with Crippen LogP contribution in [0.5, 0.6) is 0 Å². The molecule has 1 aliphatic heterocycles. The van der Waals surface area contributed by atoms with Crippen LogP contribution >= 0.6 is 0 Å². The molecule has 2 aromatic rings. The standard InChI is InChI=1S/C16H19N5O2/c1-10-7-18-14(8-17-10)16(23)21-5-3-4-12(9-21)13-6-15(22)20-11(2)19-13/h6-8,12H,3-5,9H2,1-2H3,(H,19,20,22)/t12-/m1/s1. The molecule has 1 amide bonds. The van der Waals surface area contributed by atoms with Gasteiger partial charge in [0.25, 0.3) is 11.5 Å². The number of aromatic amines is 1. The molecule has 1 saturated heterocycles. The monoisotopic (exact) mass is 313 g/mol. The number of likely N-dealkylation sites (tertiary alicyclic amines) is 1. The molecule has 0 spiro atoms. The first-order valence-corrected chi connectivity index (χ1v) is 7.69. The fourth-order valence-electron chi connectivity index (χ4n) is 2.88. The quantitative estimate of drug-likeness (QED) is 0.899. The number of hydrogen-bond donors (Lipinski definition) is 1. The van der Waals surface area contributed by atoms with E-state index in [0.29, 0.717) is 24.6 Å². The van der Waals surface area contributed by atoms with Crippen LogP contribution in [0.25, 0.3) is 0 Å². The zero-order valence-corrected chi connectivity index (χ0v) is 13.2. The number of piperidine rings is 1. The Morgan fingerprint density at radius 3 is 2.83 bits per heavy atom. The molecule has 3 rings (SSSR count). The van der Waals surface area contributed by atoms with E-state index in [1.165, 1.54) is 12.3 Å². The third kappa shape index (κ3) is 3.44. The second-order valence-electron chi connectivity index (χ2n) is 5.89. The van der Waals surface area contributed by atoms with Crippen LogP contribution in [0.3, 0.4) is 0 Å². The number of aromatic nitrogens is 4. The minimum atomic E-state index is -0.152. The van der Waals surface area contributed by atoms with E-state index in [0.717, 1.165) is 24.2 Å². The molecule has 0 radical (unpaired) electrons. The van der Waals surface area contributed by atoms with Gasteiger partial charge in [-0.25, -0.2) is 9.97 Å². The number of rotatable bonds is 2. The van der Waals surface area contributed by atoms with Gasteiger partial charge in [-0.3, -0.25) is 14.6 Å². The Hall–Kier alpha value is -2.57. The van der Waals surface area contributed by atoms with Gasteiger partial charge in [-0.2, -0.15) is 0 Å². The maximum Gasteiger partial charge on any atom is 0.274 e. The highest BCUT2D eigenvalue weighted by Gasteiger charge is 2.27. The van der Waals surface area contributed by atoms with Gasteiger partial charge in [0, 0.05) is 31.3 Å². The molecule has 1 N–H and O–H groups in total. The Morgan fingerprint density at radius 2 is 2.13 bits per heavy atom. The summed E-state index contributed by atoms with van der Waals surface area (Å²) in [6.07, 6.45) is 4.90. The van der Waals surface area contributed by atoms with E-state index in [1.54, 1.807) is 18.0 Å². The normalized spacial score (nSPS) is 18.0. The molecular weight excluding hydrogens is 294 g/mol. The first-order chi connectivity index (χ1) is 11.0. The van der Waals surface area contributed by atoms with E-state index < -0.39 is 0 Å². The molecule has 2 aromatic heterocycles. The summed E-state index contributed by atoms with van der Waals surface area (Å²) < 4.78 is 0. The average Bonchev–Trinajstić information content (AvgIpc) is 2.54. The lowest BCUT2D eigenvalue weighted by molar-refractivity contribution is 0.0699. The molecule has 0 bridgehead atoms. The van der Waals surface area contributed by atoms with Crippen molar-refractivity contribution in [3.8, 4) is 0 Å². The van der Waals surface area contributed by atoms with E-state index in [1.807, 2.05) is 6.92 Å². The zero-order chi connectivity index (χ0) is 16.4. The zero-order valence-electron chi connectivity index (χ0n) is 13.2. The van der Waals surface area contributed by atoms with Gasteiger partial charge in [0.1, 0.15) is 11.5 Å². The van der Waals surface area contributed by atoms with E-state index in [4.69, 9.17) is 0 Å². The largest absolute Gasteiger partial charge is 0.337 e. The van der Waals surface area contributed by atoms with Crippen LogP contribution in [0.15, 0.2) is 23.3 Å². The van der Waals surface area contributed by atoms with Gasteiger partial charge in [0.15, 0.2) is 0 Å². The van der Waals surface area contributed by atoms with Crippen molar-refractivity contribution in [3.63, 3.8) is 0 Å². The van der Waals surface area contributed by atoms with Crippen molar-refractivity contribution in [3.05, 3.63) is 51.7 Å². The maximum absolute atomic E-state index is 12.6. The van der Waals surface area contributed by atoms with Crippen molar-refractivity contribution in [1.29, 1.82) is 0 Å². The van der Waals surface area contributed by atoms with Gasteiger partial charge >= 0.3 is 0 Å². The lowest BCUT2D eigenvalue weighted by atomic mass is 9.94. The number of nitrogens with one attached hydrogen (secondary N) is 1. The van der Waals surface area contributed by atoms with E-state index in [9.17, 15) is 9.59 Å². The van der Waals surface area contributed by atoms with Crippen LogP contribution in [0.2, 0.25) is 0 Å². The molecule has 7 nitrogen and oxygen atoms in total. The predicted octanol–water partition coefficient (Wildman–Crippen LogP) is 1.20. The lowest BCUT2D eigenvalue weighted by Gasteiger charge is -2.32. The van der Waals surface area contributed by atoms with Gasteiger partial charge in [-0.15, -0.1) is 0 Å². The predicted molar refractivity (Wildman–Crippen MR) is 84.2 cm³/mol. The molecule has 3 heterocycles. The molecule has 0 aromatic carbocycles. The van der Waals surface area contributed by atoms with Gasteiger partial charge in [0.2, 0.25) is 0 Å². The minimum Gasteiger partial charge on any atom is -0.337 e. The molecule has 7 heteroatoms. The highest BCUT2D eigenvalue weighted by atomic mass is 16.2. The summed E-state index contributed by atoms with van der Waals surface area (Å²) in [5.74, 6) is 0.552. The molecule has 120 valence electrons. The molecule has 0 aliphatic carbocycles. The number of hydrogen-bond acceptors (Lipinski definition) is 5. The van der Waals surface area contributed by atoms with Crippen LogP contribution < -0.4 is 5.56 Å². The summed E-state index contributed by atoms with van der Waals surface area (Å²) in [7, 11) is 0. The molecule has 0 saturated carbocycles. The summed E-state index contributed by atoms with van der Waals surface area (Å²) in [5, 5.41) is 0. The van der Waals surface area contributed by atoms with Gasteiger partial charge in [0.05, 0.1) is 17.6 Å². The number of carbonyl (C=O) groups is 1. The van der Waals surface area contributed by atoms with Crippen LogP contribution in [0.1, 0.15) is 46.5 Å². The van der Waals surface area contributed by atoms with Gasteiger partial charge < -0.3 is 9.88 Å². The van der Waals surface area contributed by atoms with E-state index in [-0.39, 0.29) is 17.4 Å². The lowest BCUT2D eigenvalue weighted by Crippen LogP contribution is -2.40. The summed E-state index contributed by atoms with van der Waals surface area (Å²) in [6.45, 7) is 4.83. The van der Waals surface area contributed by atoms with E-state index >= 15 is 0 Å². The first kappa shape index (κ1) is 15.3. The Morgan fingerprint density at radius 1 is 1.30 bits per heavy atom. The number of aryl methyl sites for hydroxylation is 2. The second kappa shape index (κ2) is 6.28. The highest BCUT2D eigenvalue weighted by Crippen LogP contribution is 2.25. The third-order valence-corrected chi connectivity index (χ3v) is 4.01. The Kier molecular flexibility index (Phi) is 4.18. The van der Waals surface area contributed by atoms with Gasteiger partial charge in [-0.1, -0.05) is 0 Å². The van der Waals surface area contributed by atoms with E-state index in [2.05, 4.69) is 19.9 Å². The van der Waals surface area contributed by atoms with Crippen molar-refractivity contribution < 1.29 is 4.79 Å². The minimum absolute atomic E-state index is 0.0760. The van der Waals surface area contributed by atoms with Crippen LogP contribution in [-0.2, 0) is 0 Å². The topological polar surface area (TPSA) is 91.8 Å². The molecule has 1 aliphatic rings. The summed E-state index contributed by atoms with van der Waals surface area (Å²) in [4.78, 5) is 41.3. The average molecular weight is 313 g/mol. The van der Waals surface area contributed by atoms with Crippen molar-refractivity contribution in [2.24, 2.45) is 0 Å². The van der Waals surface area contributed by atoms with Crippen LogP contribution in [-0.4, -0.2) is 43.8 Å². The summed E-state index contributed by atoms with van der Waals surface area (Å²) in [5.41, 5.74) is 1.73. The SMILES string of the molecule is Cc1cnc(C(=O)N2CCC[C@@H](c3cc(=O)[nH]c(C)n3)C2)cn1. The highest BCUT2D eigenvalue weighted by molar-refractivity contribution is 5.92. The number of H-pyrrole nitrogens is 1. The Balaban J connectivity index is 1.79. The first-order valence-electron chi connectivity index (χ1n) is 7.69. The summed E-state index contributed by atoms with van der Waals surface area (Å²) in [6, 6.07) is 1.53. The second-order valence-corrected chi connectivity index (χ2v) is 5.89.